The smallest absolute Gasteiger partial charge is 0.420 e. The Balaban J connectivity index is 2.26. The molecule has 1 N–H and O–H groups in total. The van der Waals surface area contributed by atoms with E-state index in [2.05, 4.69) is 0 Å². The van der Waals surface area contributed by atoms with E-state index in [1.165, 1.54) is 13.8 Å². The van der Waals surface area contributed by atoms with Crippen molar-refractivity contribution in [3.8, 4) is 5.75 Å². The van der Waals surface area contributed by atoms with E-state index in [0.717, 1.165) is 29.2 Å². The van der Waals surface area contributed by atoms with Crippen molar-refractivity contribution in [2.75, 3.05) is 18.1 Å². The lowest BCUT2D eigenvalue weighted by Gasteiger charge is -2.29. The predicted molar refractivity (Wildman–Crippen MR) is 132 cm³/mol. The number of carbonyl (C=O) groups is 1. The number of alkyl halides is 6. The third kappa shape index (κ3) is 6.64. The number of hydrogen-bond acceptors (Lipinski definition) is 5. The normalized spacial score (nSPS) is 20.8. The molecule has 14 heteroatoms. The quantitative estimate of drug-likeness (QED) is 0.313. The minimum Gasteiger partial charge on any atom is -0.492 e. The van der Waals surface area contributed by atoms with Gasteiger partial charge in [0, 0.05) is 30.6 Å². The van der Waals surface area contributed by atoms with E-state index in [0.29, 0.717) is 19.1 Å². The standard InChI is InChI=1S/C26H28F7NO5S/c1-4-24(2,23(35)36)14-39-20-12-21-19(11-18(20)26(31,32)33)34(17-7-5-16(27)6-8-17)13-15(9-10-25(3,29)30)22(28)40(21,37)38/h5-8,11-12,15,22H,4,9-10,13-14H2,1-3H3,(H,35,36)/t15-,22+,24+/m1/s1. The van der Waals surface area contributed by atoms with E-state index < -0.39 is 98.4 Å². The number of benzene rings is 2. The van der Waals surface area contributed by atoms with Crippen molar-refractivity contribution in [2.45, 2.75) is 62.5 Å². The molecule has 0 bridgehead atoms. The third-order valence-corrected chi connectivity index (χ3v) is 8.90. The second-order valence-corrected chi connectivity index (χ2v) is 12.2. The molecule has 0 fully saturated rings. The van der Waals surface area contributed by atoms with Gasteiger partial charge in [-0.15, -0.1) is 0 Å². The van der Waals surface area contributed by atoms with Crippen molar-refractivity contribution in [1.82, 2.24) is 0 Å². The molecule has 40 heavy (non-hydrogen) atoms. The zero-order valence-electron chi connectivity index (χ0n) is 21.7. The molecule has 0 amide bonds. The summed E-state index contributed by atoms with van der Waals surface area (Å²) < 4.78 is 131. The fraction of sp³-hybridized carbons (Fsp3) is 0.500. The number of sulfone groups is 1. The highest BCUT2D eigenvalue weighted by Gasteiger charge is 2.46. The van der Waals surface area contributed by atoms with Gasteiger partial charge in [0.05, 0.1) is 21.6 Å². The van der Waals surface area contributed by atoms with Gasteiger partial charge in [0.25, 0.3) is 0 Å². The summed E-state index contributed by atoms with van der Waals surface area (Å²) in [6.45, 7) is 1.89. The van der Waals surface area contributed by atoms with Crippen LogP contribution in [0.1, 0.15) is 45.6 Å². The monoisotopic (exact) mass is 599 g/mol. The van der Waals surface area contributed by atoms with Crippen LogP contribution >= 0.6 is 0 Å². The first-order chi connectivity index (χ1) is 18.3. The zero-order chi connectivity index (χ0) is 30.3. The van der Waals surface area contributed by atoms with Crippen LogP contribution in [0.25, 0.3) is 0 Å². The molecule has 0 radical (unpaired) electrons. The number of halogens is 7. The molecule has 1 aliphatic heterocycles. The van der Waals surface area contributed by atoms with Crippen LogP contribution in [0.15, 0.2) is 41.3 Å². The Morgan fingerprint density at radius 1 is 1.10 bits per heavy atom. The number of hydrogen-bond donors (Lipinski definition) is 1. The summed E-state index contributed by atoms with van der Waals surface area (Å²) in [6.07, 6.45) is -6.69. The van der Waals surface area contributed by atoms with Crippen LogP contribution in [0.5, 0.6) is 5.75 Å². The molecule has 222 valence electrons. The molecule has 6 nitrogen and oxygen atoms in total. The molecule has 3 atom stereocenters. The molecule has 2 aromatic rings. The summed E-state index contributed by atoms with van der Waals surface area (Å²) in [6, 6.07) is 5.08. The number of aliphatic carboxylic acids is 1. The van der Waals surface area contributed by atoms with Crippen molar-refractivity contribution < 1.29 is 53.8 Å². The molecule has 0 aromatic heterocycles. The first-order valence-electron chi connectivity index (χ1n) is 12.2. The number of ether oxygens (including phenoxy) is 1. The van der Waals surface area contributed by atoms with E-state index in [9.17, 15) is 44.7 Å². The van der Waals surface area contributed by atoms with Crippen molar-refractivity contribution in [2.24, 2.45) is 11.3 Å². The molecular formula is C26H28F7NO5S. The summed E-state index contributed by atoms with van der Waals surface area (Å²) >= 11 is 0. The van der Waals surface area contributed by atoms with Gasteiger partial charge < -0.3 is 14.7 Å². The molecule has 1 heterocycles. The zero-order valence-corrected chi connectivity index (χ0v) is 22.6. The highest BCUT2D eigenvalue weighted by molar-refractivity contribution is 7.92. The Morgan fingerprint density at radius 3 is 2.20 bits per heavy atom. The molecule has 1 aliphatic rings. The van der Waals surface area contributed by atoms with Crippen molar-refractivity contribution in [3.05, 3.63) is 47.8 Å². The molecule has 0 unspecified atom stereocenters. The van der Waals surface area contributed by atoms with Gasteiger partial charge in [-0.1, -0.05) is 6.92 Å². The van der Waals surface area contributed by atoms with E-state index in [-0.39, 0.29) is 12.1 Å². The molecule has 2 aromatic carbocycles. The maximum atomic E-state index is 15.6. The number of rotatable bonds is 9. The first kappa shape index (κ1) is 31.5. The Kier molecular flexibility index (Phi) is 8.74. The molecular weight excluding hydrogens is 571 g/mol. The maximum Gasteiger partial charge on any atom is 0.420 e. The molecule has 3 rings (SSSR count). The third-order valence-electron chi connectivity index (χ3n) is 6.98. The van der Waals surface area contributed by atoms with Gasteiger partial charge in [-0.05, 0) is 57.0 Å². The van der Waals surface area contributed by atoms with Crippen molar-refractivity contribution in [1.29, 1.82) is 0 Å². The Morgan fingerprint density at radius 2 is 1.70 bits per heavy atom. The van der Waals surface area contributed by atoms with Crippen LogP contribution in [0.2, 0.25) is 0 Å². The lowest BCUT2D eigenvalue weighted by Crippen LogP contribution is -2.33. The van der Waals surface area contributed by atoms with Gasteiger partial charge in [-0.2, -0.15) is 13.2 Å². The van der Waals surface area contributed by atoms with E-state index in [1.807, 2.05) is 0 Å². The number of carboxylic acids is 1. The Bertz CT molecular complexity index is 1340. The van der Waals surface area contributed by atoms with Gasteiger partial charge in [0.2, 0.25) is 21.3 Å². The molecule has 0 spiro atoms. The highest BCUT2D eigenvalue weighted by atomic mass is 32.2. The SMILES string of the molecule is CC[C@@](C)(COc1cc2c(cc1C(F)(F)F)N(c1ccc(F)cc1)C[C@@H](CCC(C)(F)F)[C@@H](F)S2(=O)=O)C(=O)O. The predicted octanol–water partition coefficient (Wildman–Crippen LogP) is 7.00. The molecule has 0 saturated carbocycles. The minimum absolute atomic E-state index is 0.00793. The van der Waals surface area contributed by atoms with Crippen LogP contribution in [0.4, 0.5) is 42.1 Å². The number of nitrogens with zero attached hydrogens (tertiary/aromatic N) is 1. The van der Waals surface area contributed by atoms with Crippen LogP contribution in [-0.2, 0) is 20.8 Å². The van der Waals surface area contributed by atoms with E-state index >= 15 is 4.39 Å². The second-order valence-electron chi connectivity index (χ2n) is 10.2. The fourth-order valence-corrected chi connectivity index (χ4v) is 5.90. The number of fused-ring (bicyclic) bond motifs is 1. The Labute approximate surface area is 226 Å². The Hall–Kier alpha value is -3.03. The van der Waals surface area contributed by atoms with Gasteiger partial charge in [0.1, 0.15) is 18.2 Å². The van der Waals surface area contributed by atoms with Gasteiger partial charge in [-0.3, -0.25) is 4.79 Å². The lowest BCUT2D eigenvalue weighted by molar-refractivity contribution is -0.150. The highest BCUT2D eigenvalue weighted by Crippen LogP contribution is 2.47. The molecule has 0 aliphatic carbocycles. The fourth-order valence-electron chi connectivity index (χ4n) is 4.20. The summed E-state index contributed by atoms with van der Waals surface area (Å²) in [7, 11) is -5.07. The second kappa shape index (κ2) is 11.1. The summed E-state index contributed by atoms with van der Waals surface area (Å²) in [5, 5.41) is 9.47. The van der Waals surface area contributed by atoms with E-state index in [1.54, 1.807) is 0 Å². The van der Waals surface area contributed by atoms with Crippen LogP contribution < -0.4 is 9.64 Å². The number of carboxylic acid groups (broad SMARTS) is 1. The van der Waals surface area contributed by atoms with Crippen molar-refractivity contribution in [3.63, 3.8) is 0 Å². The largest absolute Gasteiger partial charge is 0.492 e. The average molecular weight is 600 g/mol. The van der Waals surface area contributed by atoms with Crippen LogP contribution in [0.3, 0.4) is 0 Å². The number of anilines is 2. The van der Waals surface area contributed by atoms with Crippen LogP contribution in [-0.4, -0.2) is 44.1 Å². The average Bonchev–Trinajstić information content (AvgIpc) is 2.93. The van der Waals surface area contributed by atoms with Crippen LogP contribution in [0, 0.1) is 17.2 Å². The van der Waals surface area contributed by atoms with Crippen molar-refractivity contribution >= 4 is 27.2 Å². The minimum atomic E-state index is -5.13. The topological polar surface area (TPSA) is 83.9 Å². The van der Waals surface area contributed by atoms with Gasteiger partial charge in [-0.25, -0.2) is 26.0 Å². The molecule has 0 saturated heterocycles. The lowest BCUT2D eigenvalue weighted by atomic mass is 9.89. The van der Waals surface area contributed by atoms with Gasteiger partial charge in [0.15, 0.2) is 0 Å². The first-order valence-corrected chi connectivity index (χ1v) is 13.7. The summed E-state index contributed by atoms with van der Waals surface area (Å²) in [5.41, 5.74) is -6.49. The summed E-state index contributed by atoms with van der Waals surface area (Å²) in [5.74, 6) is -7.99. The van der Waals surface area contributed by atoms with Gasteiger partial charge >= 0.3 is 12.1 Å². The van der Waals surface area contributed by atoms with E-state index in [4.69, 9.17) is 4.74 Å². The maximum absolute atomic E-state index is 15.6. The summed E-state index contributed by atoms with van der Waals surface area (Å²) in [4.78, 5) is 11.7.